The van der Waals surface area contributed by atoms with Crippen molar-refractivity contribution in [2.24, 2.45) is 5.92 Å². The molecule has 2 heterocycles. The van der Waals surface area contributed by atoms with Crippen molar-refractivity contribution in [3.8, 4) is 0 Å². The van der Waals surface area contributed by atoms with E-state index in [2.05, 4.69) is 55.8 Å². The number of nitrogens with zero attached hydrogens (tertiary/aromatic N) is 1. The second-order valence-electron chi connectivity index (χ2n) is 4.12. The van der Waals surface area contributed by atoms with Gasteiger partial charge in [0.05, 0.1) is 3.79 Å². The van der Waals surface area contributed by atoms with E-state index in [1.165, 1.54) is 21.6 Å². The number of likely N-dealkylation sites (tertiary alicyclic amines) is 1. The van der Waals surface area contributed by atoms with E-state index >= 15 is 0 Å². The van der Waals surface area contributed by atoms with Gasteiger partial charge in [0.15, 0.2) is 0 Å². The summed E-state index contributed by atoms with van der Waals surface area (Å²) in [5.41, 5.74) is 0. The molecule has 1 fully saturated rings. The first-order chi connectivity index (χ1) is 7.20. The molecule has 2 unspecified atom stereocenters. The number of thiophene rings is 1. The van der Waals surface area contributed by atoms with Gasteiger partial charge in [-0.25, -0.2) is 0 Å². The number of rotatable bonds is 3. The average Bonchev–Trinajstić information content (AvgIpc) is 2.76. The summed E-state index contributed by atoms with van der Waals surface area (Å²) in [6.07, 6.45) is 1.33. The molecule has 1 aromatic rings. The second-order valence-corrected chi connectivity index (χ2v) is 7.32. The molecule has 2 rings (SSSR count). The molecule has 2 atom stereocenters. The molecule has 0 N–H and O–H groups in total. The molecule has 0 aliphatic carbocycles. The average molecular weight is 353 g/mol. The van der Waals surface area contributed by atoms with Crippen LogP contribution in [-0.2, 0) is 6.54 Å². The van der Waals surface area contributed by atoms with Crippen LogP contribution in [0.3, 0.4) is 0 Å². The van der Waals surface area contributed by atoms with Crippen LogP contribution in [0.15, 0.2) is 15.9 Å². The highest BCUT2D eigenvalue weighted by Crippen LogP contribution is 2.29. The third-order valence-electron chi connectivity index (χ3n) is 3.23. The molecular weight excluding hydrogens is 338 g/mol. The predicted octanol–water partition coefficient (Wildman–Crippen LogP) is 4.12. The lowest BCUT2D eigenvalue weighted by Crippen LogP contribution is -2.29. The number of alkyl halides is 1. The van der Waals surface area contributed by atoms with Crippen LogP contribution in [0.25, 0.3) is 0 Å². The zero-order valence-corrected chi connectivity index (χ0v) is 12.7. The third kappa shape index (κ3) is 2.84. The number of halogens is 2. The molecule has 1 saturated heterocycles. The standard InChI is InChI=1S/C11H15Br2NS/c1-8-9(6-12)4-5-14(8)7-10-2-3-11(13)15-10/h2-3,8-9H,4-7H2,1H3. The Balaban J connectivity index is 1.96. The summed E-state index contributed by atoms with van der Waals surface area (Å²) < 4.78 is 1.24. The van der Waals surface area contributed by atoms with E-state index in [0.717, 1.165) is 17.8 Å². The fraction of sp³-hybridized carbons (Fsp3) is 0.636. The van der Waals surface area contributed by atoms with Crippen molar-refractivity contribution >= 4 is 43.2 Å². The van der Waals surface area contributed by atoms with Gasteiger partial charge in [0, 0.05) is 22.8 Å². The molecule has 0 radical (unpaired) electrons. The Kier molecular flexibility index (Phi) is 4.27. The lowest BCUT2D eigenvalue weighted by atomic mass is 10.1. The van der Waals surface area contributed by atoms with Gasteiger partial charge in [0.2, 0.25) is 0 Å². The molecule has 1 aromatic heterocycles. The molecule has 0 spiro atoms. The van der Waals surface area contributed by atoms with E-state index in [-0.39, 0.29) is 0 Å². The Morgan fingerprint density at radius 2 is 2.33 bits per heavy atom. The normalized spacial score (nSPS) is 27.4. The summed E-state index contributed by atoms with van der Waals surface area (Å²) in [5, 5.41) is 1.14. The Bertz CT molecular complexity index is 326. The molecule has 84 valence electrons. The largest absolute Gasteiger partial charge is 0.295 e. The fourth-order valence-corrected chi connectivity index (χ4v) is 4.51. The Morgan fingerprint density at radius 3 is 2.87 bits per heavy atom. The molecular formula is C11H15Br2NS. The minimum absolute atomic E-state index is 0.713. The first kappa shape index (κ1) is 12.1. The molecule has 1 nitrogen and oxygen atoms in total. The first-order valence-electron chi connectivity index (χ1n) is 5.25. The summed E-state index contributed by atoms with van der Waals surface area (Å²) in [7, 11) is 0. The van der Waals surface area contributed by atoms with Crippen molar-refractivity contribution in [1.29, 1.82) is 0 Å². The van der Waals surface area contributed by atoms with Gasteiger partial charge < -0.3 is 0 Å². The minimum atomic E-state index is 0.713. The van der Waals surface area contributed by atoms with E-state index in [1.54, 1.807) is 0 Å². The molecule has 1 aliphatic heterocycles. The van der Waals surface area contributed by atoms with Crippen molar-refractivity contribution < 1.29 is 0 Å². The molecule has 1 aliphatic rings. The number of hydrogen-bond donors (Lipinski definition) is 0. The van der Waals surface area contributed by atoms with Crippen LogP contribution < -0.4 is 0 Å². The zero-order chi connectivity index (χ0) is 10.8. The lowest BCUT2D eigenvalue weighted by molar-refractivity contribution is 0.243. The second kappa shape index (κ2) is 5.30. The summed E-state index contributed by atoms with van der Waals surface area (Å²) in [5.74, 6) is 0.827. The van der Waals surface area contributed by atoms with E-state index < -0.39 is 0 Å². The minimum Gasteiger partial charge on any atom is -0.295 e. The quantitative estimate of drug-likeness (QED) is 0.739. The summed E-state index contributed by atoms with van der Waals surface area (Å²) in [6.45, 7) is 4.70. The van der Waals surface area contributed by atoms with Gasteiger partial charge in [-0.05, 0) is 53.9 Å². The van der Waals surface area contributed by atoms with Crippen molar-refractivity contribution in [2.75, 3.05) is 11.9 Å². The van der Waals surface area contributed by atoms with E-state index in [9.17, 15) is 0 Å². The van der Waals surface area contributed by atoms with Crippen LogP contribution >= 0.6 is 43.2 Å². The van der Waals surface area contributed by atoms with Gasteiger partial charge >= 0.3 is 0 Å². The topological polar surface area (TPSA) is 3.24 Å². The molecule has 0 amide bonds. The fourth-order valence-electron chi connectivity index (χ4n) is 2.14. The highest BCUT2D eigenvalue weighted by atomic mass is 79.9. The summed E-state index contributed by atoms with van der Waals surface area (Å²) in [4.78, 5) is 4.05. The van der Waals surface area contributed by atoms with Gasteiger partial charge in [0.25, 0.3) is 0 Å². The van der Waals surface area contributed by atoms with Crippen LogP contribution in [-0.4, -0.2) is 22.8 Å². The van der Waals surface area contributed by atoms with Crippen molar-refractivity contribution in [3.05, 3.63) is 20.8 Å². The van der Waals surface area contributed by atoms with Gasteiger partial charge in [0.1, 0.15) is 0 Å². The van der Waals surface area contributed by atoms with Crippen LogP contribution in [0.2, 0.25) is 0 Å². The van der Waals surface area contributed by atoms with E-state index in [1.807, 2.05) is 11.3 Å². The van der Waals surface area contributed by atoms with E-state index in [0.29, 0.717) is 6.04 Å². The predicted molar refractivity (Wildman–Crippen MR) is 73.8 cm³/mol. The van der Waals surface area contributed by atoms with E-state index in [4.69, 9.17) is 0 Å². The molecule has 4 heteroatoms. The highest BCUT2D eigenvalue weighted by Gasteiger charge is 2.29. The van der Waals surface area contributed by atoms with Crippen LogP contribution in [0, 0.1) is 5.92 Å². The Hall–Kier alpha value is 0.620. The molecule has 0 aromatic carbocycles. The van der Waals surface area contributed by atoms with Gasteiger partial charge in [-0.2, -0.15) is 0 Å². The Morgan fingerprint density at radius 1 is 1.53 bits per heavy atom. The maximum atomic E-state index is 3.60. The van der Waals surface area contributed by atoms with Crippen LogP contribution in [0.4, 0.5) is 0 Å². The van der Waals surface area contributed by atoms with Crippen molar-refractivity contribution in [1.82, 2.24) is 4.90 Å². The lowest BCUT2D eigenvalue weighted by Gasteiger charge is -2.23. The zero-order valence-electron chi connectivity index (χ0n) is 8.75. The van der Waals surface area contributed by atoms with Gasteiger partial charge in [-0.1, -0.05) is 15.9 Å². The van der Waals surface area contributed by atoms with Crippen molar-refractivity contribution in [3.63, 3.8) is 0 Å². The molecule has 0 bridgehead atoms. The number of hydrogen-bond acceptors (Lipinski definition) is 2. The molecule has 0 saturated carbocycles. The monoisotopic (exact) mass is 351 g/mol. The van der Waals surface area contributed by atoms with Crippen molar-refractivity contribution in [2.45, 2.75) is 25.9 Å². The van der Waals surface area contributed by atoms with Gasteiger partial charge in [-0.3, -0.25) is 4.90 Å². The maximum Gasteiger partial charge on any atom is 0.0701 e. The highest BCUT2D eigenvalue weighted by molar-refractivity contribution is 9.11. The third-order valence-corrected chi connectivity index (χ3v) is 5.67. The van der Waals surface area contributed by atoms with Gasteiger partial charge in [-0.15, -0.1) is 11.3 Å². The SMILES string of the molecule is CC1C(CBr)CCN1Cc1ccc(Br)s1. The van der Waals surface area contributed by atoms with Crippen LogP contribution in [0.5, 0.6) is 0 Å². The van der Waals surface area contributed by atoms with Crippen LogP contribution in [0.1, 0.15) is 18.2 Å². The first-order valence-corrected chi connectivity index (χ1v) is 7.98. The Labute approximate surface area is 112 Å². The molecule has 15 heavy (non-hydrogen) atoms. The smallest absolute Gasteiger partial charge is 0.0701 e. The summed E-state index contributed by atoms with van der Waals surface area (Å²) in [6, 6.07) is 5.08. The maximum absolute atomic E-state index is 3.60. The summed E-state index contributed by atoms with van der Waals surface area (Å²) >= 11 is 8.97.